The second kappa shape index (κ2) is 14.7. The predicted octanol–water partition coefficient (Wildman–Crippen LogP) is 5.36. The monoisotopic (exact) mass is 643 g/mol. The number of Topliss-reactive ketones (excluding diaryl/α,β-unsaturated/α-hetero) is 1. The normalized spacial score (nSPS) is 13.1. The number of nitrogens with zero attached hydrogens (tertiary/aromatic N) is 2. The van der Waals surface area contributed by atoms with Crippen LogP contribution in [0.15, 0.2) is 53.5 Å². The van der Waals surface area contributed by atoms with Gasteiger partial charge >= 0.3 is 5.97 Å². The Labute approximate surface area is 266 Å². The molecular formula is C34H40F3N3O6. The molecule has 0 spiro atoms. The average molecular weight is 644 g/mol. The number of benzene rings is 2. The predicted molar refractivity (Wildman–Crippen MR) is 165 cm³/mol. The molecule has 0 radical (unpaired) electrons. The number of hydrogen-bond donors (Lipinski definition) is 1. The second-order valence-electron chi connectivity index (χ2n) is 12.9. The number of esters is 1. The summed E-state index contributed by atoms with van der Waals surface area (Å²) in [7, 11) is 0. The SMILES string of the molecule is CCC(C(=O)NC(CC(=O)OC(C)(C)C)C(=O)COc1c(F)ccc(F)c1F)c1ccnn(Cc2ccccc2C(C)(C)C)c1=O. The van der Waals surface area contributed by atoms with Gasteiger partial charge in [0.1, 0.15) is 18.2 Å². The summed E-state index contributed by atoms with van der Waals surface area (Å²) in [5.74, 6) is -8.97. The van der Waals surface area contributed by atoms with Crippen molar-refractivity contribution < 1.29 is 37.0 Å². The standard InChI is InChI=1S/C34H40F3N3O6/c1-8-21(22-15-16-38-40(32(22)44)18-20-11-9-10-12-23(20)33(2,3)4)31(43)39-26(17-28(42)46-34(5,6)7)27(41)19-45-30-25(36)14-13-24(35)29(30)37/h9-16,21,26H,8,17-19H2,1-7H3,(H,39,43). The molecular weight excluding hydrogens is 603 g/mol. The summed E-state index contributed by atoms with van der Waals surface area (Å²) in [5.41, 5.74) is 0.403. The molecule has 0 aliphatic rings. The maximum absolute atomic E-state index is 14.1. The van der Waals surface area contributed by atoms with Crippen LogP contribution in [-0.4, -0.2) is 45.7 Å². The van der Waals surface area contributed by atoms with Crippen molar-refractivity contribution >= 4 is 17.7 Å². The number of halogens is 3. The van der Waals surface area contributed by atoms with Gasteiger partial charge in [-0.3, -0.25) is 19.2 Å². The second-order valence-corrected chi connectivity index (χ2v) is 12.9. The molecule has 2 aromatic carbocycles. The van der Waals surface area contributed by atoms with E-state index < -0.39 is 77.0 Å². The van der Waals surface area contributed by atoms with E-state index in [0.29, 0.717) is 12.1 Å². The molecule has 0 fully saturated rings. The first-order valence-corrected chi connectivity index (χ1v) is 14.9. The molecule has 0 saturated heterocycles. The summed E-state index contributed by atoms with van der Waals surface area (Å²) >= 11 is 0. The van der Waals surface area contributed by atoms with E-state index >= 15 is 0 Å². The van der Waals surface area contributed by atoms with Crippen LogP contribution in [0.1, 0.15) is 83.9 Å². The van der Waals surface area contributed by atoms with Gasteiger partial charge in [0.2, 0.25) is 11.7 Å². The van der Waals surface area contributed by atoms with Gasteiger partial charge in [0.05, 0.1) is 18.9 Å². The Bertz CT molecular complexity index is 1640. The minimum Gasteiger partial charge on any atom is -0.480 e. The molecule has 1 amide bonds. The van der Waals surface area contributed by atoms with Gasteiger partial charge in [-0.15, -0.1) is 0 Å². The Morgan fingerprint density at radius 3 is 2.24 bits per heavy atom. The van der Waals surface area contributed by atoms with Crippen molar-refractivity contribution in [1.82, 2.24) is 15.1 Å². The number of rotatable bonds is 12. The maximum Gasteiger partial charge on any atom is 0.308 e. The first kappa shape index (κ1) is 36.0. The summed E-state index contributed by atoms with van der Waals surface area (Å²) in [4.78, 5) is 53.0. The number of carbonyl (C=O) groups excluding carboxylic acids is 3. The van der Waals surface area contributed by atoms with Gasteiger partial charge in [-0.2, -0.15) is 9.49 Å². The minimum absolute atomic E-state index is 0.117. The fraction of sp³-hybridized carbons (Fsp3) is 0.441. The number of ketones is 1. The molecule has 0 saturated carbocycles. The molecule has 46 heavy (non-hydrogen) atoms. The largest absolute Gasteiger partial charge is 0.480 e. The first-order chi connectivity index (χ1) is 21.4. The molecule has 3 aromatic rings. The zero-order valence-corrected chi connectivity index (χ0v) is 27.1. The van der Waals surface area contributed by atoms with Crippen LogP contribution in [0, 0.1) is 17.5 Å². The number of carbonyl (C=O) groups is 3. The van der Waals surface area contributed by atoms with Crippen LogP contribution in [0.3, 0.4) is 0 Å². The molecule has 1 heterocycles. The quantitative estimate of drug-likeness (QED) is 0.209. The highest BCUT2D eigenvalue weighted by atomic mass is 19.2. The van der Waals surface area contributed by atoms with E-state index in [2.05, 4.69) is 31.2 Å². The third-order valence-corrected chi connectivity index (χ3v) is 7.04. The van der Waals surface area contributed by atoms with E-state index in [1.165, 1.54) is 16.9 Å². The van der Waals surface area contributed by atoms with E-state index in [0.717, 1.165) is 11.1 Å². The molecule has 248 valence electrons. The van der Waals surface area contributed by atoms with Gasteiger partial charge in [0, 0.05) is 11.8 Å². The summed E-state index contributed by atoms with van der Waals surface area (Å²) in [6.45, 7) is 11.8. The summed E-state index contributed by atoms with van der Waals surface area (Å²) < 4.78 is 53.3. The lowest BCUT2D eigenvalue weighted by Crippen LogP contribution is -2.47. The van der Waals surface area contributed by atoms with Gasteiger partial charge in [-0.25, -0.2) is 13.5 Å². The molecule has 9 nitrogen and oxygen atoms in total. The Kier molecular flexibility index (Phi) is 11.5. The summed E-state index contributed by atoms with van der Waals surface area (Å²) in [5, 5.41) is 6.71. The number of hydrogen-bond acceptors (Lipinski definition) is 7. The molecule has 1 N–H and O–H groups in total. The Morgan fingerprint density at radius 2 is 1.61 bits per heavy atom. The Hall–Kier alpha value is -4.48. The molecule has 2 unspecified atom stereocenters. The number of amides is 1. The molecule has 3 rings (SSSR count). The van der Waals surface area contributed by atoms with Crippen LogP contribution in [0.25, 0.3) is 0 Å². The molecule has 2 atom stereocenters. The first-order valence-electron chi connectivity index (χ1n) is 14.9. The van der Waals surface area contributed by atoms with Crippen LogP contribution in [0.2, 0.25) is 0 Å². The number of ether oxygens (including phenoxy) is 2. The lowest BCUT2D eigenvalue weighted by Gasteiger charge is -2.24. The van der Waals surface area contributed by atoms with Gasteiger partial charge in [0.25, 0.3) is 5.56 Å². The maximum atomic E-state index is 14.1. The van der Waals surface area contributed by atoms with E-state index in [4.69, 9.17) is 9.47 Å². The van der Waals surface area contributed by atoms with Crippen molar-refractivity contribution in [1.29, 1.82) is 0 Å². The van der Waals surface area contributed by atoms with E-state index in [-0.39, 0.29) is 23.9 Å². The highest BCUT2D eigenvalue weighted by molar-refractivity contribution is 5.94. The van der Waals surface area contributed by atoms with Crippen LogP contribution in [0.5, 0.6) is 5.75 Å². The number of nitrogens with one attached hydrogen (secondary N) is 1. The van der Waals surface area contributed by atoms with Crippen molar-refractivity contribution in [2.75, 3.05) is 6.61 Å². The fourth-order valence-electron chi connectivity index (χ4n) is 4.89. The Morgan fingerprint density at radius 1 is 0.957 bits per heavy atom. The van der Waals surface area contributed by atoms with Crippen molar-refractivity contribution in [2.24, 2.45) is 0 Å². The van der Waals surface area contributed by atoms with Crippen LogP contribution < -0.4 is 15.6 Å². The lowest BCUT2D eigenvalue weighted by atomic mass is 9.84. The zero-order valence-electron chi connectivity index (χ0n) is 27.1. The smallest absolute Gasteiger partial charge is 0.308 e. The molecule has 12 heteroatoms. The lowest BCUT2D eigenvalue weighted by molar-refractivity contribution is -0.156. The van der Waals surface area contributed by atoms with Gasteiger partial charge < -0.3 is 14.8 Å². The van der Waals surface area contributed by atoms with Crippen LogP contribution >= 0.6 is 0 Å². The Balaban J connectivity index is 1.88. The van der Waals surface area contributed by atoms with E-state index in [1.807, 2.05) is 24.3 Å². The van der Waals surface area contributed by atoms with Crippen molar-refractivity contribution in [3.05, 3.63) is 93.2 Å². The summed E-state index contributed by atoms with van der Waals surface area (Å²) in [6, 6.07) is 8.73. The van der Waals surface area contributed by atoms with Crippen molar-refractivity contribution in [3.8, 4) is 5.75 Å². The third kappa shape index (κ3) is 9.27. The summed E-state index contributed by atoms with van der Waals surface area (Å²) in [6.07, 6.45) is 0.915. The van der Waals surface area contributed by atoms with Gasteiger partial charge in [-0.1, -0.05) is 52.0 Å². The van der Waals surface area contributed by atoms with Crippen LogP contribution in [0.4, 0.5) is 13.2 Å². The van der Waals surface area contributed by atoms with Crippen molar-refractivity contribution in [2.45, 2.75) is 90.8 Å². The van der Waals surface area contributed by atoms with E-state index in [1.54, 1.807) is 27.7 Å². The topological polar surface area (TPSA) is 117 Å². The van der Waals surface area contributed by atoms with E-state index in [9.17, 15) is 32.3 Å². The van der Waals surface area contributed by atoms with Gasteiger partial charge in [-0.05, 0) is 61.9 Å². The molecule has 0 aliphatic carbocycles. The molecule has 0 bridgehead atoms. The molecule has 0 aliphatic heterocycles. The zero-order chi connectivity index (χ0) is 34.4. The molecule has 1 aromatic heterocycles. The minimum atomic E-state index is -1.63. The average Bonchev–Trinajstić information content (AvgIpc) is 2.95. The van der Waals surface area contributed by atoms with Gasteiger partial charge in [0.15, 0.2) is 23.2 Å². The number of aromatic nitrogens is 2. The highest BCUT2D eigenvalue weighted by Gasteiger charge is 2.32. The van der Waals surface area contributed by atoms with Crippen LogP contribution in [-0.2, 0) is 31.1 Å². The highest BCUT2D eigenvalue weighted by Crippen LogP contribution is 2.27. The van der Waals surface area contributed by atoms with Crippen molar-refractivity contribution in [3.63, 3.8) is 0 Å². The fourth-order valence-corrected chi connectivity index (χ4v) is 4.89. The third-order valence-electron chi connectivity index (χ3n) is 7.04.